The van der Waals surface area contributed by atoms with Gasteiger partial charge in [-0.3, -0.25) is 4.90 Å². The van der Waals surface area contributed by atoms with Crippen LogP contribution in [0.5, 0.6) is 0 Å². The molecule has 1 saturated heterocycles. The molecule has 1 aliphatic heterocycles. The van der Waals surface area contributed by atoms with Crippen LogP contribution in [0.2, 0.25) is 0 Å². The maximum Gasteiger partial charge on any atom is 0.373 e. The Morgan fingerprint density at radius 2 is 1.50 bits per heavy atom. The quantitative estimate of drug-likeness (QED) is 0.497. The second kappa shape index (κ2) is 11.3. The monoisotopic (exact) mass is 473 g/mol. The third kappa shape index (κ3) is 6.13. The Kier molecular flexibility index (Phi) is 8.25. The number of ether oxygens (including phenoxy) is 3. The molecule has 0 unspecified atom stereocenters. The molecular weight excluding hydrogens is 446 g/mol. The lowest BCUT2D eigenvalue weighted by Crippen LogP contribution is -2.38. The summed E-state index contributed by atoms with van der Waals surface area (Å²) in [5.74, 6) is -1.03. The third-order valence-electron chi connectivity index (χ3n) is 5.33. The number of furan rings is 1. The van der Waals surface area contributed by atoms with E-state index in [-0.39, 0.29) is 28.6 Å². The number of carbonyl (C=O) groups is 4. The van der Waals surface area contributed by atoms with Crippen LogP contribution in [0.3, 0.4) is 0 Å². The third-order valence-corrected chi connectivity index (χ3v) is 5.33. The van der Waals surface area contributed by atoms with E-state index in [1.54, 1.807) is 17.0 Å². The molecule has 0 bridgehead atoms. The molecule has 1 N–H and O–H groups in total. The SMILES string of the molecule is COC(=O)c1cc(NC(=O)N2CCCN(Cc3ccc(C(=O)OC)o3)CC2)cc(C(=O)OC)c1. The molecule has 34 heavy (non-hydrogen) atoms. The van der Waals surface area contributed by atoms with Crippen LogP contribution in [-0.2, 0) is 20.8 Å². The van der Waals surface area contributed by atoms with E-state index in [0.29, 0.717) is 31.9 Å². The molecule has 0 radical (unpaired) electrons. The summed E-state index contributed by atoms with van der Waals surface area (Å²) in [7, 11) is 3.75. The largest absolute Gasteiger partial charge is 0.465 e. The number of urea groups is 1. The molecule has 0 spiro atoms. The van der Waals surface area contributed by atoms with Gasteiger partial charge in [0.05, 0.1) is 39.0 Å². The number of hydrogen-bond donors (Lipinski definition) is 1. The fourth-order valence-corrected chi connectivity index (χ4v) is 3.60. The molecule has 3 rings (SSSR count). The molecule has 182 valence electrons. The maximum atomic E-state index is 12.9. The second-order valence-electron chi connectivity index (χ2n) is 7.59. The smallest absolute Gasteiger partial charge is 0.373 e. The van der Waals surface area contributed by atoms with Crippen molar-refractivity contribution in [2.75, 3.05) is 52.8 Å². The molecule has 1 aromatic carbocycles. The first-order chi connectivity index (χ1) is 16.3. The Balaban J connectivity index is 1.63. The van der Waals surface area contributed by atoms with Crippen LogP contribution in [0.1, 0.15) is 43.5 Å². The molecule has 0 aliphatic carbocycles. The van der Waals surface area contributed by atoms with Gasteiger partial charge in [-0.05, 0) is 36.8 Å². The summed E-state index contributed by atoms with van der Waals surface area (Å²) < 4.78 is 19.6. The standard InChI is InChI=1S/C23H27N3O8/c1-31-20(27)15-11-16(21(28)32-2)13-17(12-15)24-23(30)26-8-4-7-25(9-10-26)14-18-5-6-19(34-18)22(29)33-3/h5-6,11-13H,4,7-10,14H2,1-3H3,(H,24,30). The van der Waals surface area contributed by atoms with Crippen molar-refractivity contribution in [3.05, 3.63) is 53.0 Å². The predicted octanol–water partition coefficient (Wildman–Crippen LogP) is 2.38. The van der Waals surface area contributed by atoms with Crippen molar-refractivity contribution in [1.82, 2.24) is 9.80 Å². The summed E-state index contributed by atoms with van der Waals surface area (Å²) in [6, 6.07) is 7.17. The second-order valence-corrected chi connectivity index (χ2v) is 7.59. The highest BCUT2D eigenvalue weighted by molar-refractivity contribution is 5.99. The van der Waals surface area contributed by atoms with E-state index >= 15 is 0 Å². The minimum absolute atomic E-state index is 0.118. The number of esters is 3. The molecule has 2 amide bonds. The lowest BCUT2D eigenvalue weighted by Gasteiger charge is -2.22. The summed E-state index contributed by atoms with van der Waals surface area (Å²) in [6.45, 7) is 2.81. The highest BCUT2D eigenvalue weighted by Crippen LogP contribution is 2.19. The zero-order valence-electron chi connectivity index (χ0n) is 19.3. The van der Waals surface area contributed by atoms with Crippen molar-refractivity contribution >= 4 is 29.6 Å². The number of anilines is 1. The number of carbonyl (C=O) groups excluding carboxylic acids is 4. The van der Waals surface area contributed by atoms with Gasteiger partial charge in [-0.2, -0.15) is 0 Å². The van der Waals surface area contributed by atoms with Gasteiger partial charge in [-0.25, -0.2) is 19.2 Å². The number of methoxy groups -OCH3 is 3. The molecule has 2 heterocycles. The van der Waals surface area contributed by atoms with Gasteiger partial charge >= 0.3 is 23.9 Å². The Morgan fingerprint density at radius 3 is 2.12 bits per heavy atom. The van der Waals surface area contributed by atoms with E-state index in [1.807, 2.05) is 0 Å². The van der Waals surface area contributed by atoms with Gasteiger partial charge in [0.25, 0.3) is 0 Å². The number of rotatable bonds is 6. The average Bonchev–Trinajstić information content (AvgIpc) is 3.19. The fraction of sp³-hybridized carbons (Fsp3) is 0.391. The van der Waals surface area contributed by atoms with Gasteiger partial charge in [0.1, 0.15) is 5.76 Å². The summed E-state index contributed by atoms with van der Waals surface area (Å²) in [4.78, 5) is 52.2. The molecule has 2 aromatic rings. The summed E-state index contributed by atoms with van der Waals surface area (Å²) in [5.41, 5.74) is 0.514. The van der Waals surface area contributed by atoms with Crippen molar-refractivity contribution in [2.45, 2.75) is 13.0 Å². The van der Waals surface area contributed by atoms with Crippen LogP contribution >= 0.6 is 0 Å². The first-order valence-electron chi connectivity index (χ1n) is 10.6. The number of hydrogen-bond acceptors (Lipinski definition) is 9. The molecule has 1 aliphatic rings. The summed E-state index contributed by atoms with van der Waals surface area (Å²) in [5, 5.41) is 2.75. The van der Waals surface area contributed by atoms with E-state index < -0.39 is 17.9 Å². The lowest BCUT2D eigenvalue weighted by molar-refractivity contribution is 0.0558. The molecule has 11 nitrogen and oxygen atoms in total. The average molecular weight is 473 g/mol. The van der Waals surface area contributed by atoms with E-state index in [4.69, 9.17) is 13.9 Å². The Labute approximate surface area is 196 Å². The zero-order valence-corrected chi connectivity index (χ0v) is 19.3. The van der Waals surface area contributed by atoms with Gasteiger partial charge in [0.15, 0.2) is 0 Å². The molecule has 0 atom stereocenters. The number of benzene rings is 1. The van der Waals surface area contributed by atoms with Crippen LogP contribution in [0, 0.1) is 0 Å². The van der Waals surface area contributed by atoms with Gasteiger partial charge in [-0.15, -0.1) is 0 Å². The van der Waals surface area contributed by atoms with Crippen molar-refractivity contribution in [3.8, 4) is 0 Å². The number of amides is 2. The minimum atomic E-state index is -0.639. The lowest BCUT2D eigenvalue weighted by atomic mass is 10.1. The van der Waals surface area contributed by atoms with Crippen LogP contribution in [0.25, 0.3) is 0 Å². The topological polar surface area (TPSA) is 128 Å². The van der Waals surface area contributed by atoms with Crippen molar-refractivity contribution in [3.63, 3.8) is 0 Å². The zero-order chi connectivity index (χ0) is 24.7. The van der Waals surface area contributed by atoms with Crippen LogP contribution < -0.4 is 5.32 Å². The predicted molar refractivity (Wildman–Crippen MR) is 120 cm³/mol. The maximum absolute atomic E-state index is 12.9. The molecule has 11 heteroatoms. The van der Waals surface area contributed by atoms with E-state index in [1.165, 1.54) is 39.5 Å². The van der Waals surface area contributed by atoms with Crippen molar-refractivity contribution in [1.29, 1.82) is 0 Å². The Hall–Kier alpha value is -3.86. The molecule has 1 aromatic heterocycles. The van der Waals surface area contributed by atoms with E-state index in [2.05, 4.69) is 15.0 Å². The van der Waals surface area contributed by atoms with Crippen LogP contribution in [0.4, 0.5) is 10.5 Å². The van der Waals surface area contributed by atoms with E-state index in [0.717, 1.165) is 13.0 Å². The number of nitrogens with zero attached hydrogens (tertiary/aromatic N) is 2. The van der Waals surface area contributed by atoms with Gasteiger partial charge in [0.2, 0.25) is 5.76 Å². The Bertz CT molecular complexity index is 1030. The van der Waals surface area contributed by atoms with Crippen LogP contribution in [0.15, 0.2) is 34.7 Å². The fourth-order valence-electron chi connectivity index (χ4n) is 3.60. The minimum Gasteiger partial charge on any atom is -0.465 e. The van der Waals surface area contributed by atoms with Crippen molar-refractivity contribution in [2.24, 2.45) is 0 Å². The summed E-state index contributed by atoms with van der Waals surface area (Å²) in [6.07, 6.45) is 0.730. The highest BCUT2D eigenvalue weighted by atomic mass is 16.5. The summed E-state index contributed by atoms with van der Waals surface area (Å²) >= 11 is 0. The molecule has 1 fully saturated rings. The molecule has 0 saturated carbocycles. The van der Waals surface area contributed by atoms with Crippen molar-refractivity contribution < 1.29 is 37.8 Å². The first kappa shape index (κ1) is 24.8. The van der Waals surface area contributed by atoms with Gasteiger partial charge < -0.3 is 28.8 Å². The Morgan fingerprint density at radius 1 is 0.853 bits per heavy atom. The van der Waals surface area contributed by atoms with Gasteiger partial charge in [-0.1, -0.05) is 0 Å². The number of nitrogens with one attached hydrogen (secondary N) is 1. The van der Waals surface area contributed by atoms with Crippen LogP contribution in [-0.4, -0.2) is 81.2 Å². The van der Waals surface area contributed by atoms with Gasteiger partial charge in [0, 0.05) is 31.9 Å². The first-order valence-corrected chi connectivity index (χ1v) is 10.6. The van der Waals surface area contributed by atoms with E-state index in [9.17, 15) is 19.2 Å². The highest BCUT2D eigenvalue weighted by Gasteiger charge is 2.22. The molecular formula is C23H27N3O8. The normalized spacial score (nSPS) is 14.1.